The maximum Gasteiger partial charge on any atom is 0.263 e. The number of benzene rings is 1. The molecule has 0 aliphatic carbocycles. The third kappa shape index (κ3) is 4.59. The van der Waals surface area contributed by atoms with E-state index in [-0.39, 0.29) is 29.8 Å². The molecular weight excluding hydrogens is 358 g/mol. The first-order valence-corrected chi connectivity index (χ1v) is 7.35. The highest BCUT2D eigenvalue weighted by Gasteiger charge is 2.19. The van der Waals surface area contributed by atoms with E-state index in [1.807, 2.05) is 30.3 Å². The average molecular weight is 371 g/mol. The standard InChI is InChI=1S/C13H13N11O3/c14-10-12(21-26-19-10)18-23-24(13-11(15)20-27-22-13)7-9(25)17-16-6-8-4-2-1-3-5-8/h1-6H,7H2,(H2,14,19)(H2,15,20)(H,17,25)/b16-6+,23-18?. The summed E-state index contributed by atoms with van der Waals surface area (Å²) in [7, 11) is 0. The minimum Gasteiger partial charge on any atom is -0.378 e. The zero-order valence-corrected chi connectivity index (χ0v) is 13.6. The lowest BCUT2D eigenvalue weighted by atomic mass is 10.2. The van der Waals surface area contributed by atoms with Crippen molar-refractivity contribution in [2.75, 3.05) is 23.0 Å². The fourth-order valence-corrected chi connectivity index (χ4v) is 1.76. The molecule has 0 aliphatic heterocycles. The van der Waals surface area contributed by atoms with E-state index in [2.05, 4.69) is 50.7 Å². The van der Waals surface area contributed by atoms with Crippen molar-refractivity contribution in [1.29, 1.82) is 0 Å². The minimum atomic E-state index is -0.533. The summed E-state index contributed by atoms with van der Waals surface area (Å²) in [6.07, 6.45) is 1.48. The minimum absolute atomic E-state index is 0.0315. The maximum absolute atomic E-state index is 12.1. The predicted molar refractivity (Wildman–Crippen MR) is 91.5 cm³/mol. The third-order valence-corrected chi connectivity index (χ3v) is 2.98. The van der Waals surface area contributed by atoms with Gasteiger partial charge in [-0.15, -0.1) is 5.11 Å². The van der Waals surface area contributed by atoms with E-state index in [0.29, 0.717) is 0 Å². The Kier molecular flexibility index (Phi) is 5.27. The molecule has 0 saturated carbocycles. The molecule has 0 fully saturated rings. The molecule has 1 aromatic carbocycles. The van der Waals surface area contributed by atoms with E-state index in [9.17, 15) is 4.79 Å². The van der Waals surface area contributed by atoms with Crippen molar-refractivity contribution < 1.29 is 14.1 Å². The van der Waals surface area contributed by atoms with Gasteiger partial charge in [-0.1, -0.05) is 35.6 Å². The van der Waals surface area contributed by atoms with Gasteiger partial charge in [-0.2, -0.15) is 5.10 Å². The van der Waals surface area contributed by atoms with Crippen LogP contribution in [0.1, 0.15) is 5.56 Å². The predicted octanol–water partition coefficient (Wildman–Crippen LogP) is 0.273. The molecule has 14 heteroatoms. The second kappa shape index (κ2) is 8.15. The monoisotopic (exact) mass is 371 g/mol. The van der Waals surface area contributed by atoms with Gasteiger partial charge in [-0.3, -0.25) is 4.79 Å². The summed E-state index contributed by atoms with van der Waals surface area (Å²) in [4.78, 5) is 12.1. The molecule has 0 radical (unpaired) electrons. The molecule has 5 N–H and O–H groups in total. The van der Waals surface area contributed by atoms with Crippen molar-refractivity contribution in [3.8, 4) is 0 Å². The summed E-state index contributed by atoms with van der Waals surface area (Å²) in [6.45, 7) is -0.348. The van der Waals surface area contributed by atoms with Crippen LogP contribution in [0.5, 0.6) is 0 Å². The zero-order chi connectivity index (χ0) is 19.1. The van der Waals surface area contributed by atoms with Gasteiger partial charge in [-0.05, 0) is 26.2 Å². The molecule has 0 saturated heterocycles. The second-order valence-electron chi connectivity index (χ2n) is 4.90. The molecule has 0 bridgehead atoms. The summed E-state index contributed by atoms with van der Waals surface area (Å²) in [6, 6.07) is 9.21. The van der Waals surface area contributed by atoms with E-state index >= 15 is 0 Å². The molecule has 0 spiro atoms. The largest absolute Gasteiger partial charge is 0.378 e. The SMILES string of the molecule is Nc1nonc1N=NN(CC(=O)N/N=C/c1ccccc1)c1nonc1N. The van der Waals surface area contributed by atoms with Crippen LogP contribution in [0.15, 0.2) is 55.0 Å². The van der Waals surface area contributed by atoms with Gasteiger partial charge in [0, 0.05) is 0 Å². The first kappa shape index (κ1) is 17.5. The lowest BCUT2D eigenvalue weighted by Gasteiger charge is -2.12. The maximum atomic E-state index is 12.1. The van der Waals surface area contributed by atoms with Gasteiger partial charge < -0.3 is 11.5 Å². The van der Waals surface area contributed by atoms with E-state index in [1.54, 1.807) is 0 Å². The van der Waals surface area contributed by atoms with E-state index in [4.69, 9.17) is 11.5 Å². The number of nitrogens with one attached hydrogen (secondary N) is 1. The average Bonchev–Trinajstić information content (AvgIpc) is 3.27. The Balaban J connectivity index is 1.68. The lowest BCUT2D eigenvalue weighted by molar-refractivity contribution is -0.119. The number of hydrogen-bond donors (Lipinski definition) is 3. The third-order valence-electron chi connectivity index (χ3n) is 2.98. The van der Waals surface area contributed by atoms with Crippen LogP contribution < -0.4 is 21.9 Å². The summed E-state index contributed by atoms with van der Waals surface area (Å²) in [5.41, 5.74) is 14.3. The van der Waals surface area contributed by atoms with Crippen molar-refractivity contribution in [3.63, 3.8) is 0 Å². The molecule has 0 atom stereocenters. The molecule has 0 aliphatic rings. The number of hydrogen-bond acceptors (Lipinski definition) is 12. The van der Waals surface area contributed by atoms with Crippen LogP contribution in [0.2, 0.25) is 0 Å². The Morgan fingerprint density at radius 1 is 1.11 bits per heavy atom. The molecular formula is C13H13N11O3. The van der Waals surface area contributed by atoms with Gasteiger partial charge in [-0.25, -0.2) is 19.7 Å². The van der Waals surface area contributed by atoms with E-state index in [1.165, 1.54) is 6.21 Å². The van der Waals surface area contributed by atoms with Crippen LogP contribution in [0.3, 0.4) is 0 Å². The van der Waals surface area contributed by atoms with Gasteiger partial charge in [0.05, 0.1) is 6.21 Å². The van der Waals surface area contributed by atoms with Crippen molar-refractivity contribution in [3.05, 3.63) is 35.9 Å². The molecule has 3 aromatic rings. The van der Waals surface area contributed by atoms with Crippen LogP contribution in [-0.2, 0) is 4.79 Å². The Labute approximate surface area is 150 Å². The fourth-order valence-electron chi connectivity index (χ4n) is 1.76. The summed E-state index contributed by atoms with van der Waals surface area (Å²) < 4.78 is 8.91. The van der Waals surface area contributed by atoms with Crippen LogP contribution in [-0.4, -0.2) is 39.3 Å². The Hall–Kier alpha value is -4.36. The number of carbonyl (C=O) groups is 1. The van der Waals surface area contributed by atoms with Crippen LogP contribution in [0.25, 0.3) is 0 Å². The Morgan fingerprint density at radius 3 is 2.52 bits per heavy atom. The van der Waals surface area contributed by atoms with Gasteiger partial charge in [0.25, 0.3) is 11.7 Å². The molecule has 1 amide bonds. The normalized spacial score (nSPS) is 11.3. The van der Waals surface area contributed by atoms with Crippen molar-refractivity contribution in [1.82, 2.24) is 26.1 Å². The van der Waals surface area contributed by atoms with E-state index < -0.39 is 5.91 Å². The van der Waals surface area contributed by atoms with Crippen LogP contribution in [0.4, 0.5) is 23.3 Å². The van der Waals surface area contributed by atoms with Crippen LogP contribution >= 0.6 is 0 Å². The Morgan fingerprint density at radius 2 is 1.85 bits per heavy atom. The van der Waals surface area contributed by atoms with Gasteiger partial charge in [0.2, 0.25) is 17.5 Å². The molecule has 2 aromatic heterocycles. The first-order valence-electron chi connectivity index (χ1n) is 7.35. The highest BCUT2D eigenvalue weighted by atomic mass is 16.6. The summed E-state index contributed by atoms with van der Waals surface area (Å²) >= 11 is 0. The van der Waals surface area contributed by atoms with Gasteiger partial charge in [0.1, 0.15) is 6.54 Å². The molecule has 2 heterocycles. The number of nitrogens with zero attached hydrogens (tertiary/aromatic N) is 8. The van der Waals surface area contributed by atoms with Crippen molar-refractivity contribution in [2.24, 2.45) is 15.4 Å². The first-order chi connectivity index (χ1) is 13.1. The van der Waals surface area contributed by atoms with E-state index in [0.717, 1.165) is 10.6 Å². The number of amides is 1. The molecule has 0 unspecified atom stereocenters. The number of nitrogen functional groups attached to an aromatic ring is 2. The molecule has 14 nitrogen and oxygen atoms in total. The number of carbonyl (C=O) groups excluding carboxylic acids is 1. The van der Waals surface area contributed by atoms with Gasteiger partial charge >= 0.3 is 0 Å². The fraction of sp³-hybridized carbons (Fsp3) is 0.0769. The number of aromatic nitrogens is 4. The smallest absolute Gasteiger partial charge is 0.263 e. The number of anilines is 3. The van der Waals surface area contributed by atoms with Crippen LogP contribution in [0, 0.1) is 0 Å². The Bertz CT molecular complexity index is 949. The number of nitrogens with two attached hydrogens (primary N) is 2. The zero-order valence-electron chi connectivity index (χ0n) is 13.6. The highest BCUT2D eigenvalue weighted by molar-refractivity contribution is 5.84. The highest BCUT2D eigenvalue weighted by Crippen LogP contribution is 2.21. The number of hydrazone groups is 1. The number of rotatable bonds is 7. The summed E-state index contributed by atoms with van der Waals surface area (Å²) in [5.74, 6) is -0.828. The quantitative estimate of drug-likeness (QED) is 0.294. The topological polar surface area (TPSA) is 199 Å². The van der Waals surface area contributed by atoms with Gasteiger partial charge in [0.15, 0.2) is 0 Å². The van der Waals surface area contributed by atoms with Crippen molar-refractivity contribution >= 4 is 35.4 Å². The molecule has 138 valence electrons. The molecule has 27 heavy (non-hydrogen) atoms. The lowest BCUT2D eigenvalue weighted by Crippen LogP contribution is -2.32. The molecule has 3 rings (SSSR count). The summed E-state index contributed by atoms with van der Waals surface area (Å²) in [5, 5.41) is 26.2. The van der Waals surface area contributed by atoms with Crippen molar-refractivity contribution in [2.45, 2.75) is 0 Å². The second-order valence-corrected chi connectivity index (χ2v) is 4.90.